The van der Waals surface area contributed by atoms with Gasteiger partial charge in [0.25, 0.3) is 0 Å². The molecule has 36 heavy (non-hydrogen) atoms. The fraction of sp³-hybridized carbons (Fsp3) is 0.556. The van der Waals surface area contributed by atoms with E-state index in [9.17, 15) is 22.2 Å². The van der Waals surface area contributed by atoms with E-state index in [1.807, 2.05) is 21.9 Å². The van der Waals surface area contributed by atoms with Crippen LogP contribution in [0.25, 0.3) is 0 Å². The predicted octanol–water partition coefficient (Wildman–Crippen LogP) is 5.09. The number of rotatable bonds is 4. The second kappa shape index (κ2) is 8.30. The first kappa shape index (κ1) is 23.9. The molecule has 9 heteroatoms. The molecule has 2 aliphatic heterocycles. The zero-order valence-corrected chi connectivity index (χ0v) is 21.1. The molecule has 2 amide bonds. The van der Waals surface area contributed by atoms with Gasteiger partial charge < -0.3 is 9.80 Å². The van der Waals surface area contributed by atoms with Crippen molar-refractivity contribution in [2.24, 2.45) is 16.7 Å². The van der Waals surface area contributed by atoms with Crippen LogP contribution in [0.2, 0.25) is 0 Å². The van der Waals surface area contributed by atoms with Crippen molar-refractivity contribution >= 4 is 16.8 Å². The molecule has 3 heterocycles. The molecule has 1 aromatic carbocycles. The number of benzene rings is 1. The van der Waals surface area contributed by atoms with Crippen LogP contribution in [0.4, 0.5) is 18.0 Å². The summed E-state index contributed by atoms with van der Waals surface area (Å²) in [6, 6.07) is 10.8. The van der Waals surface area contributed by atoms with E-state index < -0.39 is 22.7 Å². The van der Waals surface area contributed by atoms with Crippen LogP contribution in [0.5, 0.6) is 0 Å². The van der Waals surface area contributed by atoms with E-state index >= 15 is 0 Å². The van der Waals surface area contributed by atoms with Gasteiger partial charge in [-0.3, -0.25) is 9.19 Å². The number of hydrogen-bond acceptors (Lipinski definition) is 3. The van der Waals surface area contributed by atoms with Gasteiger partial charge in [-0.05, 0) is 73.3 Å². The Morgan fingerprint density at radius 2 is 1.56 bits per heavy atom. The van der Waals surface area contributed by atoms with E-state index in [0.29, 0.717) is 11.3 Å². The Labute approximate surface area is 211 Å². The number of likely N-dealkylation sites (tertiary alicyclic amines) is 2. The van der Waals surface area contributed by atoms with Crippen LogP contribution in [-0.2, 0) is 23.4 Å². The van der Waals surface area contributed by atoms with E-state index in [-0.39, 0.29) is 17.4 Å². The maximum absolute atomic E-state index is 12.9. The Morgan fingerprint density at radius 1 is 0.972 bits per heavy atom. The SMILES string of the molecule is CS(=O)c1ccc(CC2CC3(C2)CN(C(=O)N2CC4(CC(c5ccc(C(F)(F)F)nc5)C4)C2)C3)cc1. The third-order valence-corrected chi connectivity index (χ3v) is 9.71. The van der Waals surface area contributed by atoms with Gasteiger partial charge in [0.15, 0.2) is 0 Å². The number of nitrogens with zero attached hydrogens (tertiary/aromatic N) is 3. The molecule has 2 saturated heterocycles. The van der Waals surface area contributed by atoms with Gasteiger partial charge in [-0.25, -0.2) is 4.79 Å². The molecule has 2 saturated carbocycles. The van der Waals surface area contributed by atoms with Gasteiger partial charge in [0.05, 0.1) is 0 Å². The minimum absolute atomic E-state index is 0.132. The summed E-state index contributed by atoms with van der Waals surface area (Å²) in [7, 11) is -0.946. The Kier molecular flexibility index (Phi) is 5.52. The fourth-order valence-electron chi connectivity index (χ4n) is 7.01. The van der Waals surface area contributed by atoms with Gasteiger partial charge >= 0.3 is 12.2 Å². The minimum atomic E-state index is -4.41. The lowest BCUT2D eigenvalue weighted by Gasteiger charge is -2.63. The molecule has 6 rings (SSSR count). The van der Waals surface area contributed by atoms with Crippen molar-refractivity contribution in [3.8, 4) is 0 Å². The second-order valence-corrected chi connectivity index (χ2v) is 13.0. The van der Waals surface area contributed by atoms with Crippen molar-refractivity contribution < 1.29 is 22.2 Å². The summed E-state index contributed by atoms with van der Waals surface area (Å²) in [6.45, 7) is 3.20. The predicted molar refractivity (Wildman–Crippen MR) is 130 cm³/mol. The molecule has 2 spiro atoms. The topological polar surface area (TPSA) is 53.5 Å². The third kappa shape index (κ3) is 4.23. The van der Waals surface area contributed by atoms with Gasteiger partial charge in [0.1, 0.15) is 5.69 Å². The van der Waals surface area contributed by atoms with Crippen LogP contribution in [0.1, 0.15) is 48.4 Å². The number of pyridine rings is 1. The third-order valence-electron chi connectivity index (χ3n) is 8.78. The lowest BCUT2D eigenvalue weighted by atomic mass is 9.55. The number of hydrogen-bond donors (Lipinski definition) is 0. The van der Waals surface area contributed by atoms with E-state index in [1.165, 1.54) is 11.8 Å². The largest absolute Gasteiger partial charge is 0.433 e. The molecule has 5 nitrogen and oxygen atoms in total. The molecule has 4 fully saturated rings. The van der Waals surface area contributed by atoms with Gasteiger partial charge in [-0.1, -0.05) is 18.2 Å². The van der Waals surface area contributed by atoms with Crippen molar-refractivity contribution in [3.05, 3.63) is 59.4 Å². The van der Waals surface area contributed by atoms with Crippen molar-refractivity contribution in [1.29, 1.82) is 0 Å². The number of aromatic nitrogens is 1. The quantitative estimate of drug-likeness (QED) is 0.568. The van der Waals surface area contributed by atoms with Crippen LogP contribution >= 0.6 is 0 Å². The molecule has 0 N–H and O–H groups in total. The lowest BCUT2D eigenvalue weighted by molar-refractivity contribution is -0.141. The first-order valence-corrected chi connectivity index (χ1v) is 14.1. The zero-order valence-electron chi connectivity index (χ0n) is 20.3. The molecule has 1 unspecified atom stereocenters. The van der Waals surface area contributed by atoms with Crippen LogP contribution in [0.15, 0.2) is 47.5 Å². The highest BCUT2D eigenvalue weighted by atomic mass is 32.2. The normalized spacial score (nSPS) is 23.6. The molecule has 0 radical (unpaired) electrons. The summed E-state index contributed by atoms with van der Waals surface area (Å²) in [4.78, 5) is 21.3. The maximum atomic E-state index is 12.9. The average molecular weight is 518 g/mol. The van der Waals surface area contributed by atoms with E-state index in [4.69, 9.17) is 0 Å². The molecule has 2 aromatic rings. The van der Waals surface area contributed by atoms with Crippen LogP contribution in [-0.4, -0.2) is 57.5 Å². The smallest absolute Gasteiger partial charge is 0.323 e. The van der Waals surface area contributed by atoms with Crippen molar-refractivity contribution in [2.45, 2.75) is 49.1 Å². The maximum Gasteiger partial charge on any atom is 0.433 e. The molecule has 0 bridgehead atoms. The van der Waals surface area contributed by atoms with Crippen molar-refractivity contribution in [2.75, 3.05) is 32.4 Å². The monoisotopic (exact) mass is 517 g/mol. The number of carbonyl (C=O) groups excluding carboxylic acids is 1. The highest BCUT2D eigenvalue weighted by molar-refractivity contribution is 7.84. The first-order valence-electron chi connectivity index (χ1n) is 12.5. The van der Waals surface area contributed by atoms with E-state index in [2.05, 4.69) is 17.1 Å². The molecule has 2 aliphatic carbocycles. The Hall–Kier alpha value is -2.42. The Balaban J connectivity index is 0.922. The summed E-state index contributed by atoms with van der Waals surface area (Å²) in [5, 5.41) is 0. The number of carbonyl (C=O) groups is 1. The summed E-state index contributed by atoms with van der Waals surface area (Å²) in [5.41, 5.74) is 1.72. The summed E-state index contributed by atoms with van der Waals surface area (Å²) in [6.07, 6.45) is 3.81. The van der Waals surface area contributed by atoms with E-state index in [1.54, 1.807) is 12.3 Å². The van der Waals surface area contributed by atoms with E-state index in [0.717, 1.165) is 74.8 Å². The highest BCUT2D eigenvalue weighted by Crippen LogP contribution is 2.57. The summed E-state index contributed by atoms with van der Waals surface area (Å²) < 4.78 is 49.7. The van der Waals surface area contributed by atoms with Crippen molar-refractivity contribution in [1.82, 2.24) is 14.8 Å². The molecular formula is C27H30F3N3O2S. The van der Waals surface area contributed by atoms with Crippen molar-refractivity contribution in [3.63, 3.8) is 0 Å². The summed E-state index contributed by atoms with van der Waals surface area (Å²) >= 11 is 0. The fourth-order valence-corrected chi connectivity index (χ4v) is 7.53. The molecule has 1 atom stereocenters. The molecular weight excluding hydrogens is 487 g/mol. The second-order valence-electron chi connectivity index (χ2n) is 11.7. The summed E-state index contributed by atoms with van der Waals surface area (Å²) in [5.74, 6) is 0.885. The highest BCUT2D eigenvalue weighted by Gasteiger charge is 2.58. The minimum Gasteiger partial charge on any atom is -0.323 e. The van der Waals surface area contributed by atoms with Crippen LogP contribution in [0, 0.1) is 16.7 Å². The molecule has 4 aliphatic rings. The number of amides is 2. The molecule has 1 aromatic heterocycles. The van der Waals surface area contributed by atoms with Gasteiger partial charge in [-0.2, -0.15) is 13.2 Å². The Bertz CT molecular complexity index is 1170. The van der Waals surface area contributed by atoms with Crippen LogP contribution in [0.3, 0.4) is 0 Å². The Morgan fingerprint density at radius 3 is 2.06 bits per heavy atom. The van der Waals surface area contributed by atoms with Gasteiger partial charge in [0.2, 0.25) is 0 Å². The zero-order chi connectivity index (χ0) is 25.3. The standard InChI is InChI=1S/C27H30F3N3O2S/c1-36(35)22-5-2-18(3-6-22)8-19-9-25(10-19)14-32(15-25)24(34)33-16-26(17-33)11-21(12-26)20-4-7-23(31-13-20)27(28,29)30/h2-7,13,19,21H,8-12,14-17H2,1H3. The first-order chi connectivity index (χ1) is 17.0. The van der Waals surface area contributed by atoms with Gasteiger partial charge in [-0.15, -0.1) is 0 Å². The number of halogens is 3. The number of urea groups is 1. The number of alkyl halides is 3. The van der Waals surface area contributed by atoms with Gasteiger partial charge in [0, 0.05) is 65.2 Å². The average Bonchev–Trinajstić information content (AvgIpc) is 2.72. The molecule has 192 valence electrons. The lowest BCUT2D eigenvalue weighted by Crippen LogP contribution is -2.70. The van der Waals surface area contributed by atoms with Crippen LogP contribution < -0.4 is 0 Å².